The first-order valence-electron chi connectivity index (χ1n) is 6.69. The lowest BCUT2D eigenvalue weighted by Gasteiger charge is -2.24. The fourth-order valence-electron chi connectivity index (χ4n) is 2.24. The van der Waals surface area contributed by atoms with Gasteiger partial charge in [0.25, 0.3) is 0 Å². The molecule has 2 heterocycles. The Bertz CT molecular complexity index is 550. The van der Waals surface area contributed by atoms with Gasteiger partial charge in [-0.1, -0.05) is 24.3 Å². The summed E-state index contributed by atoms with van der Waals surface area (Å²) in [5.74, 6) is 0.209. The molecule has 1 aromatic carbocycles. The van der Waals surface area contributed by atoms with Crippen LogP contribution in [-0.4, -0.2) is 29.7 Å². The van der Waals surface area contributed by atoms with E-state index in [0.717, 1.165) is 25.3 Å². The molecule has 1 aromatic heterocycles. The Balaban J connectivity index is 1.67. The van der Waals surface area contributed by atoms with Crippen molar-refractivity contribution in [3.8, 4) is 0 Å². The number of aromatic nitrogens is 2. The van der Waals surface area contributed by atoms with Gasteiger partial charge in [-0.3, -0.25) is 0 Å². The fraction of sp³-hybridized carbons (Fsp3) is 0.333. The van der Waals surface area contributed by atoms with E-state index in [1.165, 1.54) is 18.0 Å². The van der Waals surface area contributed by atoms with E-state index in [2.05, 4.69) is 27.4 Å². The first-order chi connectivity index (χ1) is 9.81. The van der Waals surface area contributed by atoms with Crippen molar-refractivity contribution in [1.82, 2.24) is 15.3 Å². The van der Waals surface area contributed by atoms with Crippen molar-refractivity contribution in [3.05, 3.63) is 59.4 Å². The normalized spacial score (nSPS) is 18.9. The summed E-state index contributed by atoms with van der Waals surface area (Å²) in [6.45, 7) is 2.51. The maximum atomic E-state index is 12.7. The van der Waals surface area contributed by atoms with Crippen molar-refractivity contribution in [2.75, 3.05) is 19.7 Å². The summed E-state index contributed by atoms with van der Waals surface area (Å²) in [4.78, 5) is 7.93. The Morgan fingerprint density at radius 1 is 1.20 bits per heavy atom. The Morgan fingerprint density at radius 2 is 1.95 bits per heavy atom. The van der Waals surface area contributed by atoms with E-state index in [9.17, 15) is 4.39 Å². The number of halogens is 1. The molecule has 0 bridgehead atoms. The molecule has 1 atom stereocenters. The van der Waals surface area contributed by atoms with Crippen molar-refractivity contribution >= 4 is 0 Å². The molecule has 1 aliphatic rings. The van der Waals surface area contributed by atoms with Gasteiger partial charge in [0, 0.05) is 19.5 Å². The molecule has 0 unspecified atom stereocenters. The first-order valence-corrected chi connectivity index (χ1v) is 6.69. The topological polar surface area (TPSA) is 47.0 Å². The van der Waals surface area contributed by atoms with Gasteiger partial charge in [0.05, 0.1) is 25.1 Å². The smallest absolute Gasteiger partial charge is 0.159 e. The van der Waals surface area contributed by atoms with Gasteiger partial charge in [-0.25, -0.2) is 14.4 Å². The summed E-state index contributed by atoms with van der Waals surface area (Å²) in [6, 6.07) is 8.22. The van der Waals surface area contributed by atoms with Crippen LogP contribution in [0.15, 0.2) is 36.7 Å². The second-order valence-corrected chi connectivity index (χ2v) is 4.80. The van der Waals surface area contributed by atoms with Gasteiger partial charge in [-0.15, -0.1) is 0 Å². The highest BCUT2D eigenvalue weighted by Gasteiger charge is 2.15. The Labute approximate surface area is 117 Å². The first kappa shape index (κ1) is 13.1. The number of rotatable bonds is 3. The molecule has 1 fully saturated rings. The van der Waals surface area contributed by atoms with Gasteiger partial charge in [-0.2, -0.15) is 0 Å². The SMILES string of the molecule is Fc1cnc(Cc2ccc([C@H]3CNCCO3)cc2)nc1. The highest BCUT2D eigenvalue weighted by atomic mass is 19.1. The molecule has 0 aliphatic carbocycles. The zero-order valence-corrected chi connectivity index (χ0v) is 11.1. The zero-order chi connectivity index (χ0) is 13.8. The molecule has 5 heteroatoms. The zero-order valence-electron chi connectivity index (χ0n) is 11.1. The van der Waals surface area contributed by atoms with E-state index in [1.807, 2.05) is 12.1 Å². The lowest BCUT2D eigenvalue weighted by Crippen LogP contribution is -2.33. The molecule has 4 nitrogen and oxygen atoms in total. The fourth-order valence-corrected chi connectivity index (χ4v) is 2.24. The van der Waals surface area contributed by atoms with Crippen LogP contribution < -0.4 is 5.32 Å². The number of nitrogens with zero attached hydrogens (tertiary/aromatic N) is 2. The van der Waals surface area contributed by atoms with Crippen LogP contribution in [0.1, 0.15) is 23.1 Å². The van der Waals surface area contributed by atoms with Crippen LogP contribution in [0, 0.1) is 5.82 Å². The lowest BCUT2D eigenvalue weighted by molar-refractivity contribution is 0.0277. The Hall–Kier alpha value is -1.85. The monoisotopic (exact) mass is 273 g/mol. The lowest BCUT2D eigenvalue weighted by atomic mass is 10.0. The largest absolute Gasteiger partial charge is 0.371 e. The molecule has 0 amide bonds. The number of benzene rings is 1. The molecule has 1 N–H and O–H groups in total. The predicted molar refractivity (Wildman–Crippen MR) is 72.8 cm³/mol. The molecular formula is C15H16FN3O. The van der Waals surface area contributed by atoms with E-state index in [-0.39, 0.29) is 6.10 Å². The summed E-state index contributed by atoms with van der Waals surface area (Å²) < 4.78 is 18.4. The summed E-state index contributed by atoms with van der Waals surface area (Å²) in [5, 5.41) is 3.31. The second kappa shape index (κ2) is 6.07. The molecule has 2 aromatic rings. The van der Waals surface area contributed by atoms with E-state index in [1.54, 1.807) is 0 Å². The number of hydrogen-bond donors (Lipinski definition) is 1. The van der Waals surface area contributed by atoms with E-state index < -0.39 is 5.82 Å². The van der Waals surface area contributed by atoms with Crippen LogP contribution >= 0.6 is 0 Å². The van der Waals surface area contributed by atoms with Crippen LogP contribution in [-0.2, 0) is 11.2 Å². The van der Waals surface area contributed by atoms with Crippen LogP contribution in [0.4, 0.5) is 4.39 Å². The quantitative estimate of drug-likeness (QED) is 0.927. The van der Waals surface area contributed by atoms with Crippen molar-refractivity contribution in [2.24, 2.45) is 0 Å². The van der Waals surface area contributed by atoms with Gasteiger partial charge in [-0.05, 0) is 11.1 Å². The van der Waals surface area contributed by atoms with Crippen LogP contribution in [0.25, 0.3) is 0 Å². The van der Waals surface area contributed by atoms with Gasteiger partial charge < -0.3 is 10.1 Å². The minimum Gasteiger partial charge on any atom is -0.371 e. The third-order valence-corrected chi connectivity index (χ3v) is 3.32. The molecule has 3 rings (SSSR count). The van der Waals surface area contributed by atoms with Crippen LogP contribution in [0.2, 0.25) is 0 Å². The van der Waals surface area contributed by atoms with Crippen molar-refractivity contribution in [3.63, 3.8) is 0 Å². The second-order valence-electron chi connectivity index (χ2n) is 4.80. The Morgan fingerprint density at radius 3 is 2.60 bits per heavy atom. The third kappa shape index (κ3) is 3.18. The van der Waals surface area contributed by atoms with Crippen molar-refractivity contribution in [1.29, 1.82) is 0 Å². The maximum absolute atomic E-state index is 12.7. The highest BCUT2D eigenvalue weighted by molar-refractivity contribution is 5.26. The predicted octanol–water partition coefficient (Wildman–Crippen LogP) is 1.87. The summed E-state index contributed by atoms with van der Waals surface area (Å²) in [6.07, 6.45) is 3.11. The standard InChI is InChI=1S/C15H16FN3O/c16-13-8-18-15(19-9-13)7-11-1-3-12(4-2-11)14-10-17-5-6-20-14/h1-4,8-9,14,17H,5-7,10H2/t14-/m1/s1. The molecule has 20 heavy (non-hydrogen) atoms. The maximum Gasteiger partial charge on any atom is 0.159 e. The highest BCUT2D eigenvalue weighted by Crippen LogP contribution is 2.19. The minimum absolute atomic E-state index is 0.125. The molecule has 0 spiro atoms. The summed E-state index contributed by atoms with van der Waals surface area (Å²) >= 11 is 0. The average molecular weight is 273 g/mol. The Kier molecular flexibility index (Phi) is 3.99. The molecular weight excluding hydrogens is 257 g/mol. The number of ether oxygens (including phenoxy) is 1. The van der Waals surface area contributed by atoms with Crippen molar-refractivity contribution < 1.29 is 9.13 Å². The van der Waals surface area contributed by atoms with Gasteiger partial charge in [0.2, 0.25) is 0 Å². The molecule has 0 saturated carbocycles. The molecule has 1 saturated heterocycles. The molecule has 1 aliphatic heterocycles. The van der Waals surface area contributed by atoms with E-state index in [0.29, 0.717) is 12.2 Å². The van der Waals surface area contributed by atoms with Crippen molar-refractivity contribution in [2.45, 2.75) is 12.5 Å². The summed E-state index contributed by atoms with van der Waals surface area (Å²) in [7, 11) is 0. The van der Waals surface area contributed by atoms with Gasteiger partial charge >= 0.3 is 0 Å². The van der Waals surface area contributed by atoms with Crippen LogP contribution in [0.5, 0.6) is 0 Å². The average Bonchev–Trinajstić information content (AvgIpc) is 2.51. The van der Waals surface area contributed by atoms with E-state index >= 15 is 0 Å². The summed E-state index contributed by atoms with van der Waals surface area (Å²) in [5.41, 5.74) is 2.27. The number of nitrogens with one attached hydrogen (secondary N) is 1. The van der Waals surface area contributed by atoms with Gasteiger partial charge in [0.15, 0.2) is 5.82 Å². The minimum atomic E-state index is -0.411. The molecule has 0 radical (unpaired) electrons. The van der Waals surface area contributed by atoms with Crippen LogP contribution in [0.3, 0.4) is 0 Å². The number of morpholine rings is 1. The van der Waals surface area contributed by atoms with Gasteiger partial charge in [0.1, 0.15) is 5.82 Å². The third-order valence-electron chi connectivity index (χ3n) is 3.32. The molecule has 104 valence electrons. The van der Waals surface area contributed by atoms with E-state index in [4.69, 9.17) is 4.74 Å². The number of hydrogen-bond acceptors (Lipinski definition) is 4.